The molecule has 0 saturated carbocycles. The molecule has 2 aromatic rings. The van der Waals surface area contributed by atoms with Crippen LogP contribution < -0.4 is 0 Å². The van der Waals surface area contributed by atoms with Gasteiger partial charge in [0, 0.05) is 23.1 Å². The zero-order valence-corrected chi connectivity index (χ0v) is 66.6. The fourth-order valence-electron chi connectivity index (χ4n) is 14.5. The molecule has 3 heteroatoms. The second kappa shape index (κ2) is 71.0. The summed E-state index contributed by atoms with van der Waals surface area (Å²) in [5.74, 6) is 7.39. The van der Waals surface area contributed by atoms with Crippen molar-refractivity contribution in [1.82, 2.24) is 0 Å². The minimum Gasteiger partial charge on any atom is -0.0654 e. The smallest absolute Gasteiger partial charge is 0.0654 e. The average molecular weight is 1370 g/mol. The van der Waals surface area contributed by atoms with E-state index in [-0.39, 0.29) is 0 Å². The molecule has 1 aliphatic rings. The Balaban J connectivity index is 0.000000848. The molecule has 0 aliphatic carbocycles. The monoisotopic (exact) mass is 1370 g/mol. The molecule has 3 rings (SSSR count). The maximum atomic E-state index is 12.3. The van der Waals surface area contributed by atoms with Crippen LogP contribution in [0.25, 0.3) is 16.9 Å². The SMILES string of the molecule is CCCCCCCCCCCCCCCCCCCCCCCCCCCC#CC1=C(c2cccc(CCCCC)c2)[N+](=[N-])C(c2cccc(CCCCC)c2)=C1CCCCCCCC.CCCCCCCCCCCCCC[CH2][Ni][CH2]CCCCCCCCCCCCCC. The van der Waals surface area contributed by atoms with Gasteiger partial charge in [-0.05, 0) is 80.3 Å². The Bertz CT molecular complexity index is 2100. The molecule has 0 spiro atoms. The van der Waals surface area contributed by atoms with E-state index in [0.29, 0.717) is 0 Å². The van der Waals surface area contributed by atoms with Crippen molar-refractivity contribution in [3.63, 3.8) is 0 Å². The molecule has 0 unspecified atom stereocenters. The van der Waals surface area contributed by atoms with E-state index in [1.807, 2.05) is 14.4 Å². The topological polar surface area (TPSA) is 25.3 Å². The summed E-state index contributed by atoms with van der Waals surface area (Å²) >= 11 is 2.04. The Labute approximate surface area is 608 Å². The number of benzene rings is 2. The van der Waals surface area contributed by atoms with Crippen LogP contribution in [0.15, 0.2) is 59.7 Å². The van der Waals surface area contributed by atoms with E-state index in [1.54, 1.807) is 0 Å². The van der Waals surface area contributed by atoms with Gasteiger partial charge in [0.1, 0.15) is 5.57 Å². The molecular formula is C93H164N2Ni. The van der Waals surface area contributed by atoms with Gasteiger partial charge in [-0.3, -0.25) is 0 Å². The summed E-state index contributed by atoms with van der Waals surface area (Å²) in [6.45, 7) is 13.8. The van der Waals surface area contributed by atoms with Crippen LogP contribution in [-0.4, -0.2) is 4.70 Å². The number of allylic oxidation sites excluding steroid dienone is 2. The number of hydrogen-bond acceptors (Lipinski definition) is 0. The molecule has 0 saturated heterocycles. The van der Waals surface area contributed by atoms with Gasteiger partial charge < -0.3 is 5.53 Å². The number of unbranched alkanes of at least 4 members (excludes halogenated alkanes) is 58. The molecule has 1 heterocycles. The summed E-state index contributed by atoms with van der Waals surface area (Å²) in [5.41, 5.74) is 21.4. The summed E-state index contributed by atoms with van der Waals surface area (Å²) < 4.78 is 1.54. The number of aryl methyl sites for hydroxylation is 2. The van der Waals surface area contributed by atoms with Gasteiger partial charge in [0.05, 0.1) is 0 Å². The molecule has 0 radical (unpaired) electrons. The molecule has 556 valence electrons. The fourth-order valence-corrected chi connectivity index (χ4v) is 15.7. The molecule has 0 bridgehead atoms. The summed E-state index contributed by atoms with van der Waals surface area (Å²) in [6.07, 6.45) is 92.6. The van der Waals surface area contributed by atoms with Gasteiger partial charge in [-0.15, -0.1) is 0 Å². The van der Waals surface area contributed by atoms with Gasteiger partial charge in [0.25, 0.3) is 0 Å². The van der Waals surface area contributed by atoms with Crippen molar-refractivity contribution in [2.75, 3.05) is 0 Å². The van der Waals surface area contributed by atoms with Gasteiger partial charge in [0.15, 0.2) is 0 Å². The quantitative estimate of drug-likeness (QED) is 0.0273. The number of rotatable bonds is 70. The third-order valence-electron chi connectivity index (χ3n) is 20.8. The molecule has 0 N–H and O–H groups in total. The zero-order chi connectivity index (χ0) is 68.8. The van der Waals surface area contributed by atoms with Crippen LogP contribution in [0.1, 0.15) is 481 Å². The Morgan fingerprint density at radius 1 is 0.281 bits per heavy atom. The number of hydrogen-bond donors (Lipinski definition) is 0. The molecule has 0 aromatic heterocycles. The van der Waals surface area contributed by atoms with E-state index < -0.39 is 0 Å². The van der Waals surface area contributed by atoms with Crippen LogP contribution in [-0.2, 0) is 27.3 Å². The molecule has 1 aliphatic heterocycles. The van der Waals surface area contributed by atoms with Crippen molar-refractivity contribution in [2.45, 2.75) is 483 Å². The minimum absolute atomic E-state index is 0.886. The van der Waals surface area contributed by atoms with Crippen molar-refractivity contribution < 1.29 is 19.1 Å². The second-order valence-corrected chi connectivity index (χ2v) is 31.7. The normalized spacial score (nSPS) is 12.4. The maximum absolute atomic E-state index is 12.3. The van der Waals surface area contributed by atoms with Crippen LogP contribution in [0.3, 0.4) is 0 Å². The first kappa shape index (κ1) is 89.7. The van der Waals surface area contributed by atoms with E-state index in [2.05, 4.69) is 102 Å². The van der Waals surface area contributed by atoms with Gasteiger partial charge in [-0.2, -0.15) is 0 Å². The molecule has 2 nitrogen and oxygen atoms in total. The van der Waals surface area contributed by atoms with Crippen molar-refractivity contribution in [1.29, 1.82) is 0 Å². The molecule has 0 amide bonds. The molecular weight excluding hydrogens is 1200 g/mol. The van der Waals surface area contributed by atoms with E-state index in [9.17, 15) is 5.53 Å². The van der Waals surface area contributed by atoms with Gasteiger partial charge in [0.2, 0.25) is 11.4 Å². The minimum atomic E-state index is 0.886. The molecule has 2 aromatic carbocycles. The predicted octanol–water partition coefficient (Wildman–Crippen LogP) is 33.3. The Morgan fingerprint density at radius 3 is 0.844 bits per heavy atom. The van der Waals surface area contributed by atoms with Gasteiger partial charge >= 0.3 is 166 Å². The van der Waals surface area contributed by atoms with Gasteiger partial charge in [-0.25, -0.2) is 4.70 Å². The first-order valence-electron chi connectivity index (χ1n) is 43.6. The van der Waals surface area contributed by atoms with E-state index in [1.165, 1.54) is 424 Å². The van der Waals surface area contributed by atoms with Crippen molar-refractivity contribution in [3.05, 3.63) is 87.5 Å². The van der Waals surface area contributed by atoms with E-state index in [4.69, 9.17) is 0 Å². The van der Waals surface area contributed by atoms with Gasteiger partial charge in [-0.1, -0.05) is 315 Å². The summed E-state index contributed by atoms with van der Waals surface area (Å²) in [5, 5.41) is 2.87. The molecule has 0 fully saturated rings. The van der Waals surface area contributed by atoms with Crippen molar-refractivity contribution >= 4 is 11.4 Å². The molecule has 96 heavy (non-hydrogen) atoms. The Morgan fingerprint density at radius 2 is 0.531 bits per heavy atom. The first-order chi connectivity index (χ1) is 47.6. The van der Waals surface area contributed by atoms with Crippen molar-refractivity contribution in [3.8, 4) is 11.8 Å². The summed E-state index contributed by atoms with van der Waals surface area (Å²) in [7, 11) is 0. The van der Waals surface area contributed by atoms with Crippen LogP contribution in [0.5, 0.6) is 0 Å². The average Bonchev–Trinajstić information content (AvgIpc) is 1.61. The standard InChI is InChI=1S/C63H102N2.2C15H31.Ni/c1-5-9-13-15-17-18-19-20-21-22-23-24-25-26-27-28-29-30-31-32-33-34-35-36-37-39-43-53-61-60(52-42-38-16-14-10-6-2)62(58-50-44-48-56(54-58)46-40-11-7-3)65(64)63(61)59-51-45-49-57(55-59)47-41-12-8-4;2*1-3-5-7-9-11-13-15-14-12-10-8-6-4-2;/h44-45,48-51,54-55H,5-42,46-47,52H2,1-4H3;2*1,3-15H2,2H3;. The summed E-state index contributed by atoms with van der Waals surface area (Å²) in [4.78, 5) is 0. The first-order valence-corrected chi connectivity index (χ1v) is 45.0. The number of nitrogens with zero attached hydrogens (tertiary/aromatic N) is 2. The third-order valence-corrected chi connectivity index (χ3v) is 22.2. The van der Waals surface area contributed by atoms with E-state index >= 15 is 0 Å². The van der Waals surface area contributed by atoms with Crippen LogP contribution in [0.4, 0.5) is 0 Å². The Hall–Kier alpha value is -2.43. The third kappa shape index (κ3) is 51.7. The fraction of sp³-hybridized carbons (Fsp3) is 0.806. The Kier molecular flexibility index (Phi) is 66.3. The second-order valence-electron chi connectivity index (χ2n) is 30.2. The van der Waals surface area contributed by atoms with Crippen LogP contribution >= 0.6 is 0 Å². The molecule has 0 atom stereocenters. The summed E-state index contributed by atoms with van der Waals surface area (Å²) in [6, 6.07) is 18.0. The van der Waals surface area contributed by atoms with E-state index in [0.717, 1.165) is 66.6 Å². The zero-order valence-electron chi connectivity index (χ0n) is 65.6. The van der Waals surface area contributed by atoms with Crippen LogP contribution in [0.2, 0.25) is 10.8 Å². The predicted molar refractivity (Wildman–Crippen MR) is 429 cm³/mol. The van der Waals surface area contributed by atoms with Crippen molar-refractivity contribution in [2.24, 2.45) is 0 Å². The van der Waals surface area contributed by atoms with Crippen LogP contribution in [0, 0.1) is 11.8 Å².